The summed E-state index contributed by atoms with van der Waals surface area (Å²) in [7, 11) is 0. The van der Waals surface area contributed by atoms with Crippen LogP contribution < -0.4 is 10.6 Å². The molecular weight excluding hydrogens is 492 g/mol. The van der Waals surface area contributed by atoms with E-state index in [0.717, 1.165) is 43.8 Å². The van der Waals surface area contributed by atoms with Crippen LogP contribution >= 0.6 is 0 Å². The van der Waals surface area contributed by atoms with E-state index in [9.17, 15) is 18.4 Å². The lowest BCUT2D eigenvalue weighted by molar-refractivity contribution is -0.128. The third-order valence-corrected chi connectivity index (χ3v) is 7.77. The molecule has 3 aliphatic rings. The van der Waals surface area contributed by atoms with Gasteiger partial charge in [-0.25, -0.2) is 8.78 Å². The van der Waals surface area contributed by atoms with Gasteiger partial charge < -0.3 is 20.1 Å². The third kappa shape index (κ3) is 5.18. The molecule has 0 radical (unpaired) electrons. The lowest BCUT2D eigenvalue weighted by Gasteiger charge is -2.38. The third-order valence-electron chi connectivity index (χ3n) is 7.77. The first-order chi connectivity index (χ1) is 18.4. The summed E-state index contributed by atoms with van der Waals surface area (Å²) in [6.45, 7) is 2.30. The Morgan fingerprint density at radius 2 is 1.95 bits per heavy atom. The zero-order valence-corrected chi connectivity index (χ0v) is 20.8. The minimum absolute atomic E-state index is 0.00726. The molecule has 1 aromatic carbocycles. The molecule has 2 amide bonds. The second-order valence-electron chi connectivity index (χ2n) is 10.7. The maximum atomic E-state index is 14.2. The van der Waals surface area contributed by atoms with Gasteiger partial charge in [0, 0.05) is 44.0 Å². The Kier molecular flexibility index (Phi) is 6.43. The summed E-state index contributed by atoms with van der Waals surface area (Å²) in [5, 5.41) is 10.0. The summed E-state index contributed by atoms with van der Waals surface area (Å²) < 4.78 is 32.6. The van der Waals surface area contributed by atoms with Crippen LogP contribution in [-0.4, -0.2) is 52.5 Å². The maximum Gasteiger partial charge on any atom is 0.273 e. The smallest absolute Gasteiger partial charge is 0.273 e. The van der Waals surface area contributed by atoms with E-state index >= 15 is 0 Å². The summed E-state index contributed by atoms with van der Waals surface area (Å²) in [5.74, 6) is -1.87. The fourth-order valence-corrected chi connectivity index (χ4v) is 5.27. The number of nitrogens with zero attached hydrogens (tertiary/aromatic N) is 3. The fourth-order valence-electron chi connectivity index (χ4n) is 5.27. The molecular formula is C28H29F2N5O3. The minimum Gasteiger partial charge on any atom is -0.355 e. The Hall–Kier alpha value is -3.66. The van der Waals surface area contributed by atoms with Crippen LogP contribution in [0.1, 0.15) is 48.3 Å². The molecule has 38 heavy (non-hydrogen) atoms. The number of carbonyl (C=O) groups is 2. The number of likely N-dealkylation sites (tertiary alicyclic amines) is 1. The van der Waals surface area contributed by atoms with E-state index in [4.69, 9.17) is 4.52 Å². The first-order valence-electron chi connectivity index (χ1n) is 13.1. The Morgan fingerprint density at radius 1 is 1.11 bits per heavy atom. The Balaban J connectivity index is 1.17. The lowest BCUT2D eigenvalue weighted by Crippen LogP contribution is -2.57. The van der Waals surface area contributed by atoms with Crippen molar-refractivity contribution in [3.63, 3.8) is 0 Å². The lowest BCUT2D eigenvalue weighted by atomic mass is 9.90. The number of piperidine rings is 1. The molecule has 3 heterocycles. The van der Waals surface area contributed by atoms with Crippen molar-refractivity contribution in [3.05, 3.63) is 71.7 Å². The largest absolute Gasteiger partial charge is 0.355 e. The molecule has 0 spiro atoms. The number of pyridine rings is 1. The molecule has 10 heteroatoms. The van der Waals surface area contributed by atoms with E-state index in [2.05, 4.69) is 25.7 Å². The predicted molar refractivity (Wildman–Crippen MR) is 134 cm³/mol. The molecule has 198 valence electrons. The van der Waals surface area contributed by atoms with Crippen LogP contribution in [0.3, 0.4) is 0 Å². The summed E-state index contributed by atoms with van der Waals surface area (Å²) in [5.41, 5.74) is 0.373. The highest BCUT2D eigenvalue weighted by atomic mass is 19.1. The second-order valence-corrected chi connectivity index (χ2v) is 10.7. The molecule has 2 atom stereocenters. The molecule has 6 rings (SSSR count). The van der Waals surface area contributed by atoms with Crippen LogP contribution in [0, 0.1) is 23.5 Å². The number of hydrogen-bond donors (Lipinski definition) is 2. The van der Waals surface area contributed by atoms with Gasteiger partial charge in [0.25, 0.3) is 5.91 Å². The Morgan fingerprint density at radius 3 is 2.66 bits per heavy atom. The van der Waals surface area contributed by atoms with Gasteiger partial charge in [-0.2, -0.15) is 0 Å². The molecule has 2 saturated carbocycles. The number of aromatic nitrogens is 2. The number of halogens is 2. The average molecular weight is 522 g/mol. The van der Waals surface area contributed by atoms with Crippen LogP contribution in [0.4, 0.5) is 8.78 Å². The van der Waals surface area contributed by atoms with Crippen molar-refractivity contribution in [1.82, 2.24) is 25.7 Å². The second kappa shape index (κ2) is 9.90. The molecule has 1 saturated heterocycles. The van der Waals surface area contributed by atoms with E-state index in [1.807, 2.05) is 18.2 Å². The van der Waals surface area contributed by atoms with Crippen molar-refractivity contribution in [2.24, 2.45) is 11.8 Å². The number of hydrogen-bond acceptors (Lipinski definition) is 6. The highest BCUT2D eigenvalue weighted by Gasteiger charge is 2.49. The van der Waals surface area contributed by atoms with Crippen molar-refractivity contribution in [2.45, 2.75) is 43.7 Å². The van der Waals surface area contributed by atoms with Gasteiger partial charge in [0.05, 0.1) is 22.7 Å². The number of nitrogens with one attached hydrogen (secondary N) is 2. The minimum atomic E-state index is -0.810. The first kappa shape index (κ1) is 24.7. The standard InChI is InChI=1S/C28H29F2N5O3/c29-18-6-7-19(21(30)13-18)24-14-23(34-38-24)27(37)32-22-8-12-35(15-17-4-5-17)16-20(22)26(36)33-28(9-10-28)25-3-1-2-11-31-25/h1-3,6-7,11,13-14,17,20,22H,4-5,8-10,12,15-16H2,(H,32,37)(H,33,36)/t20-,22-/m0/s1. The normalized spacial score (nSPS) is 22.6. The molecule has 2 aliphatic carbocycles. The molecule has 0 unspecified atom stereocenters. The molecule has 0 bridgehead atoms. The van der Waals surface area contributed by atoms with Gasteiger partial charge in [-0.1, -0.05) is 11.2 Å². The number of benzene rings is 1. The molecule has 3 aromatic rings. The SMILES string of the molecule is O=C(N[C@H]1CCN(CC2CC2)C[C@@H]1C(=O)NC1(c2ccccn2)CC1)c1cc(-c2ccc(F)cc2F)on1. The molecule has 1 aliphatic heterocycles. The summed E-state index contributed by atoms with van der Waals surface area (Å²) in [4.78, 5) is 33.5. The number of amides is 2. The van der Waals surface area contributed by atoms with E-state index in [1.54, 1.807) is 6.20 Å². The molecule has 2 N–H and O–H groups in total. The van der Waals surface area contributed by atoms with Crippen molar-refractivity contribution in [1.29, 1.82) is 0 Å². The van der Waals surface area contributed by atoms with E-state index in [-0.39, 0.29) is 22.9 Å². The fraction of sp³-hybridized carbons (Fsp3) is 0.429. The zero-order valence-electron chi connectivity index (χ0n) is 20.8. The highest BCUT2D eigenvalue weighted by Crippen LogP contribution is 2.45. The van der Waals surface area contributed by atoms with Crippen LogP contribution in [0.25, 0.3) is 11.3 Å². The zero-order chi connectivity index (χ0) is 26.3. The average Bonchev–Trinajstić information content (AvgIpc) is 3.84. The van der Waals surface area contributed by atoms with Crippen molar-refractivity contribution >= 4 is 11.8 Å². The van der Waals surface area contributed by atoms with Gasteiger partial charge >= 0.3 is 0 Å². The molecule has 2 aromatic heterocycles. The quantitative estimate of drug-likeness (QED) is 0.470. The van der Waals surface area contributed by atoms with Crippen LogP contribution in [0.15, 0.2) is 53.2 Å². The van der Waals surface area contributed by atoms with Crippen molar-refractivity contribution < 1.29 is 22.9 Å². The topological polar surface area (TPSA) is 100 Å². The Bertz CT molecular complexity index is 1340. The summed E-state index contributed by atoms with van der Waals surface area (Å²) in [6.07, 6.45) is 6.44. The summed E-state index contributed by atoms with van der Waals surface area (Å²) >= 11 is 0. The van der Waals surface area contributed by atoms with Crippen LogP contribution in [-0.2, 0) is 10.3 Å². The van der Waals surface area contributed by atoms with E-state index in [0.29, 0.717) is 18.9 Å². The van der Waals surface area contributed by atoms with Gasteiger partial charge in [-0.3, -0.25) is 14.6 Å². The van der Waals surface area contributed by atoms with Crippen LogP contribution in [0.2, 0.25) is 0 Å². The van der Waals surface area contributed by atoms with Gasteiger partial charge in [0.2, 0.25) is 5.91 Å². The molecule has 8 nitrogen and oxygen atoms in total. The van der Waals surface area contributed by atoms with Crippen molar-refractivity contribution in [2.75, 3.05) is 19.6 Å². The van der Waals surface area contributed by atoms with Gasteiger partial charge in [-0.05, 0) is 62.3 Å². The monoisotopic (exact) mass is 521 g/mol. The predicted octanol–water partition coefficient (Wildman–Crippen LogP) is 3.65. The summed E-state index contributed by atoms with van der Waals surface area (Å²) in [6, 6.07) is 9.70. The number of rotatable bonds is 8. The van der Waals surface area contributed by atoms with Gasteiger partial charge in [0.1, 0.15) is 11.6 Å². The first-order valence-corrected chi connectivity index (χ1v) is 13.1. The van der Waals surface area contributed by atoms with E-state index < -0.39 is 35.0 Å². The van der Waals surface area contributed by atoms with Gasteiger partial charge in [0.15, 0.2) is 11.5 Å². The van der Waals surface area contributed by atoms with Crippen LogP contribution in [0.5, 0.6) is 0 Å². The van der Waals surface area contributed by atoms with Gasteiger partial charge in [-0.15, -0.1) is 0 Å². The van der Waals surface area contributed by atoms with E-state index in [1.165, 1.54) is 25.0 Å². The number of carbonyl (C=O) groups excluding carboxylic acids is 2. The van der Waals surface area contributed by atoms with Crippen molar-refractivity contribution in [3.8, 4) is 11.3 Å². The maximum absolute atomic E-state index is 14.2. The highest BCUT2D eigenvalue weighted by molar-refractivity contribution is 5.94. The Labute approximate surface area is 218 Å². The molecule has 3 fully saturated rings.